The topological polar surface area (TPSA) is 36.4 Å². The molecule has 2 aromatic heterocycles. The molecule has 0 amide bonds. The summed E-state index contributed by atoms with van der Waals surface area (Å²) in [5.41, 5.74) is 3.20. The van der Waals surface area contributed by atoms with E-state index >= 15 is 0 Å². The highest BCUT2D eigenvalue weighted by atomic mass is 79.9. The zero-order chi connectivity index (χ0) is 13.1. The first-order valence-corrected chi connectivity index (χ1v) is 7.28. The van der Waals surface area contributed by atoms with Gasteiger partial charge in [-0.25, -0.2) is 4.98 Å². The van der Waals surface area contributed by atoms with Gasteiger partial charge in [0.1, 0.15) is 5.82 Å². The number of anilines is 1. The summed E-state index contributed by atoms with van der Waals surface area (Å²) in [5.74, 6) is 0.953. The van der Waals surface area contributed by atoms with Crippen LogP contribution in [-0.2, 0) is 13.2 Å². The highest BCUT2D eigenvalue weighted by molar-refractivity contribution is 9.11. The van der Waals surface area contributed by atoms with Gasteiger partial charge in [-0.1, -0.05) is 0 Å². The molecular formula is C13H15BrN2OS. The summed E-state index contributed by atoms with van der Waals surface area (Å²) in [6.45, 7) is 2.88. The second kappa shape index (κ2) is 5.82. The maximum Gasteiger partial charge on any atom is 0.131 e. The summed E-state index contributed by atoms with van der Waals surface area (Å²) in [5, 5.41) is 11.2. The van der Waals surface area contributed by atoms with Gasteiger partial charge >= 0.3 is 0 Å². The van der Waals surface area contributed by atoms with Crippen molar-refractivity contribution in [2.75, 3.05) is 11.9 Å². The number of aliphatic hydroxyl groups excluding tert-OH is 1. The fraction of sp³-hybridized carbons (Fsp3) is 0.308. The van der Waals surface area contributed by atoms with Gasteiger partial charge in [0.15, 0.2) is 0 Å². The Hall–Kier alpha value is -0.910. The standard InChI is InChI=1S/C13H15BrN2OS/c1-9-3-10(7-17)5-15-13(9)16(2)6-11-4-12(14)18-8-11/h3-5,8,17H,6-7H2,1-2H3. The van der Waals surface area contributed by atoms with E-state index in [0.717, 1.165) is 27.3 Å². The molecule has 0 saturated heterocycles. The molecule has 0 atom stereocenters. The largest absolute Gasteiger partial charge is 0.392 e. The minimum atomic E-state index is 0.0370. The Morgan fingerprint density at radius 2 is 2.17 bits per heavy atom. The first-order chi connectivity index (χ1) is 8.60. The van der Waals surface area contributed by atoms with Gasteiger partial charge in [-0.2, -0.15) is 0 Å². The monoisotopic (exact) mass is 326 g/mol. The van der Waals surface area contributed by atoms with Crippen molar-refractivity contribution in [3.63, 3.8) is 0 Å². The van der Waals surface area contributed by atoms with Crippen molar-refractivity contribution in [2.24, 2.45) is 0 Å². The molecule has 1 N–H and O–H groups in total. The predicted octanol–water partition coefficient (Wildman–Crippen LogP) is 3.34. The average molecular weight is 327 g/mol. The Labute approximate surface area is 119 Å². The maximum absolute atomic E-state index is 9.07. The third-order valence-electron chi connectivity index (χ3n) is 2.69. The molecule has 0 unspecified atom stereocenters. The molecule has 3 nitrogen and oxygen atoms in total. The summed E-state index contributed by atoms with van der Waals surface area (Å²) in [7, 11) is 2.03. The lowest BCUT2D eigenvalue weighted by molar-refractivity contribution is 0.281. The molecular weight excluding hydrogens is 312 g/mol. The first kappa shape index (κ1) is 13.5. The molecule has 0 aliphatic rings. The van der Waals surface area contributed by atoms with Crippen molar-refractivity contribution in [1.82, 2.24) is 4.98 Å². The SMILES string of the molecule is Cc1cc(CO)cnc1N(C)Cc1csc(Br)c1. The van der Waals surface area contributed by atoms with Gasteiger partial charge in [0, 0.05) is 19.8 Å². The van der Waals surface area contributed by atoms with Crippen LogP contribution in [0.15, 0.2) is 27.5 Å². The van der Waals surface area contributed by atoms with E-state index in [1.165, 1.54) is 5.56 Å². The second-order valence-corrected chi connectivity index (χ2v) is 6.55. The number of hydrogen-bond donors (Lipinski definition) is 1. The van der Waals surface area contributed by atoms with E-state index in [9.17, 15) is 0 Å². The zero-order valence-corrected chi connectivity index (χ0v) is 12.8. The van der Waals surface area contributed by atoms with Crippen molar-refractivity contribution in [3.8, 4) is 0 Å². The number of nitrogens with zero attached hydrogens (tertiary/aromatic N) is 2. The van der Waals surface area contributed by atoms with Crippen LogP contribution >= 0.6 is 27.3 Å². The number of hydrogen-bond acceptors (Lipinski definition) is 4. The van der Waals surface area contributed by atoms with Gasteiger partial charge in [0.05, 0.1) is 10.4 Å². The fourth-order valence-electron chi connectivity index (χ4n) is 1.89. The van der Waals surface area contributed by atoms with E-state index in [-0.39, 0.29) is 6.61 Å². The lowest BCUT2D eigenvalue weighted by Gasteiger charge is -2.19. The molecule has 5 heteroatoms. The van der Waals surface area contributed by atoms with Crippen LogP contribution in [0.3, 0.4) is 0 Å². The third-order valence-corrected chi connectivity index (χ3v) is 4.25. The van der Waals surface area contributed by atoms with E-state index in [2.05, 4.69) is 37.3 Å². The van der Waals surface area contributed by atoms with Gasteiger partial charge < -0.3 is 10.0 Å². The summed E-state index contributed by atoms with van der Waals surface area (Å²) in [6, 6.07) is 4.10. The van der Waals surface area contributed by atoms with Gasteiger partial charge in [-0.05, 0) is 57.1 Å². The van der Waals surface area contributed by atoms with Gasteiger partial charge in [0.2, 0.25) is 0 Å². The summed E-state index contributed by atoms with van der Waals surface area (Å²) in [6.07, 6.45) is 1.72. The number of aliphatic hydroxyl groups is 1. The van der Waals surface area contributed by atoms with E-state index in [1.807, 2.05) is 20.0 Å². The number of aryl methyl sites for hydroxylation is 1. The minimum absolute atomic E-state index is 0.0370. The summed E-state index contributed by atoms with van der Waals surface area (Å²) in [4.78, 5) is 6.53. The number of rotatable bonds is 4. The Morgan fingerprint density at radius 3 is 2.72 bits per heavy atom. The van der Waals surface area contributed by atoms with Crippen LogP contribution in [0, 0.1) is 6.92 Å². The lowest BCUT2D eigenvalue weighted by atomic mass is 10.2. The molecule has 0 bridgehead atoms. The van der Waals surface area contributed by atoms with Gasteiger partial charge in [-0.3, -0.25) is 0 Å². The molecule has 2 aromatic rings. The van der Waals surface area contributed by atoms with E-state index < -0.39 is 0 Å². The average Bonchev–Trinajstić information content (AvgIpc) is 2.74. The van der Waals surface area contributed by atoms with Crippen molar-refractivity contribution in [2.45, 2.75) is 20.1 Å². The van der Waals surface area contributed by atoms with Crippen LogP contribution in [-0.4, -0.2) is 17.1 Å². The summed E-state index contributed by atoms with van der Waals surface area (Å²) >= 11 is 5.16. The Balaban J connectivity index is 2.15. The van der Waals surface area contributed by atoms with Crippen molar-refractivity contribution >= 4 is 33.1 Å². The highest BCUT2D eigenvalue weighted by Crippen LogP contribution is 2.24. The normalized spacial score (nSPS) is 10.7. The summed E-state index contributed by atoms with van der Waals surface area (Å²) < 4.78 is 1.14. The third kappa shape index (κ3) is 3.10. The fourth-order valence-corrected chi connectivity index (χ4v) is 3.09. The molecule has 2 heterocycles. The van der Waals surface area contributed by atoms with Crippen molar-refractivity contribution in [3.05, 3.63) is 44.2 Å². The Bertz CT molecular complexity index is 542. The predicted molar refractivity (Wildman–Crippen MR) is 79.0 cm³/mol. The maximum atomic E-state index is 9.07. The zero-order valence-electron chi connectivity index (χ0n) is 10.4. The first-order valence-electron chi connectivity index (χ1n) is 5.60. The molecule has 18 heavy (non-hydrogen) atoms. The molecule has 0 aliphatic heterocycles. The Morgan fingerprint density at radius 1 is 1.39 bits per heavy atom. The second-order valence-electron chi connectivity index (χ2n) is 4.26. The van der Waals surface area contributed by atoms with E-state index in [0.29, 0.717) is 0 Å². The molecule has 0 saturated carbocycles. The van der Waals surface area contributed by atoms with Crippen LogP contribution in [0.5, 0.6) is 0 Å². The van der Waals surface area contributed by atoms with Crippen LogP contribution in [0.4, 0.5) is 5.82 Å². The molecule has 0 radical (unpaired) electrons. The van der Waals surface area contributed by atoms with Gasteiger partial charge in [-0.15, -0.1) is 11.3 Å². The van der Waals surface area contributed by atoms with E-state index in [4.69, 9.17) is 5.11 Å². The number of halogens is 1. The molecule has 0 aromatic carbocycles. The van der Waals surface area contributed by atoms with Crippen LogP contribution in [0.25, 0.3) is 0 Å². The number of thiophene rings is 1. The number of aromatic nitrogens is 1. The Kier molecular flexibility index (Phi) is 4.37. The van der Waals surface area contributed by atoms with E-state index in [1.54, 1.807) is 17.5 Å². The minimum Gasteiger partial charge on any atom is -0.392 e. The molecule has 0 fully saturated rings. The smallest absolute Gasteiger partial charge is 0.131 e. The van der Waals surface area contributed by atoms with Crippen LogP contribution in [0.2, 0.25) is 0 Å². The van der Waals surface area contributed by atoms with Crippen LogP contribution in [0.1, 0.15) is 16.7 Å². The highest BCUT2D eigenvalue weighted by Gasteiger charge is 2.08. The molecule has 0 aliphatic carbocycles. The van der Waals surface area contributed by atoms with Crippen LogP contribution < -0.4 is 4.90 Å². The molecule has 2 rings (SSSR count). The molecule has 0 spiro atoms. The van der Waals surface area contributed by atoms with Crippen molar-refractivity contribution in [1.29, 1.82) is 0 Å². The lowest BCUT2D eigenvalue weighted by Crippen LogP contribution is -2.18. The number of pyridine rings is 1. The van der Waals surface area contributed by atoms with Gasteiger partial charge in [0.25, 0.3) is 0 Å². The van der Waals surface area contributed by atoms with Crippen molar-refractivity contribution < 1.29 is 5.11 Å². The quantitative estimate of drug-likeness (QED) is 0.936. The molecule has 96 valence electrons.